The van der Waals surface area contributed by atoms with Crippen LogP contribution in [0.2, 0.25) is 0 Å². The molecule has 146 valence electrons. The molecule has 0 aliphatic carbocycles. The summed E-state index contributed by atoms with van der Waals surface area (Å²) in [5.41, 5.74) is 6.94. The van der Waals surface area contributed by atoms with Crippen LogP contribution >= 0.6 is 0 Å². The van der Waals surface area contributed by atoms with Gasteiger partial charge in [0.05, 0.1) is 6.04 Å². The minimum atomic E-state index is 0.0434. The number of benzene rings is 2. The van der Waals surface area contributed by atoms with Gasteiger partial charge in [-0.3, -0.25) is 9.69 Å². The van der Waals surface area contributed by atoms with E-state index in [-0.39, 0.29) is 6.04 Å². The number of unbranched alkanes of at least 4 members (excludes halogenated alkanes) is 1. The second-order valence-corrected chi connectivity index (χ2v) is 7.59. The third-order valence-corrected chi connectivity index (χ3v) is 5.62. The van der Waals surface area contributed by atoms with Crippen molar-refractivity contribution in [1.29, 1.82) is 0 Å². The van der Waals surface area contributed by atoms with E-state index in [9.17, 15) is 4.79 Å². The number of piperazine rings is 1. The van der Waals surface area contributed by atoms with Crippen LogP contribution in [0.1, 0.15) is 38.2 Å². The van der Waals surface area contributed by atoms with Gasteiger partial charge in [-0.05, 0) is 55.1 Å². The van der Waals surface area contributed by atoms with E-state index in [0.29, 0.717) is 12.5 Å². The van der Waals surface area contributed by atoms with E-state index in [4.69, 9.17) is 5.73 Å². The molecule has 2 aromatic rings. The maximum Gasteiger partial charge on any atom is 0.239 e. The fraction of sp³-hybridized carbons (Fsp3) is 0.522. The molecule has 1 amide bonds. The van der Waals surface area contributed by atoms with Crippen molar-refractivity contribution in [2.24, 2.45) is 5.73 Å². The molecule has 0 spiro atoms. The quantitative estimate of drug-likeness (QED) is 0.691. The van der Waals surface area contributed by atoms with Crippen LogP contribution in [0.5, 0.6) is 0 Å². The van der Waals surface area contributed by atoms with Gasteiger partial charge in [-0.1, -0.05) is 55.8 Å². The lowest BCUT2D eigenvalue weighted by Gasteiger charge is -2.41. The summed E-state index contributed by atoms with van der Waals surface area (Å²) in [6.07, 6.45) is 4.98. The molecule has 27 heavy (non-hydrogen) atoms. The SMILES string of the molecule is CCCN1CCN(CCc2ccc3ccccc3c2)C(=O)[C@@H]1CCCCN. The van der Waals surface area contributed by atoms with Crippen LogP contribution in [0.4, 0.5) is 0 Å². The first kappa shape index (κ1) is 19.8. The molecule has 1 aliphatic heterocycles. The van der Waals surface area contributed by atoms with Crippen molar-refractivity contribution in [2.45, 2.75) is 45.1 Å². The number of hydrogen-bond donors (Lipinski definition) is 1. The molecule has 1 aliphatic rings. The topological polar surface area (TPSA) is 49.6 Å². The van der Waals surface area contributed by atoms with Gasteiger partial charge in [0, 0.05) is 19.6 Å². The lowest BCUT2D eigenvalue weighted by Crippen LogP contribution is -2.57. The van der Waals surface area contributed by atoms with E-state index >= 15 is 0 Å². The van der Waals surface area contributed by atoms with E-state index in [1.54, 1.807) is 0 Å². The molecule has 1 saturated heterocycles. The first-order valence-electron chi connectivity index (χ1n) is 10.4. The number of carbonyl (C=O) groups excluding carboxylic acids is 1. The number of nitrogens with two attached hydrogens (primary N) is 1. The Hall–Kier alpha value is -1.91. The van der Waals surface area contributed by atoms with E-state index in [0.717, 1.165) is 58.3 Å². The zero-order valence-electron chi connectivity index (χ0n) is 16.6. The van der Waals surface area contributed by atoms with Gasteiger partial charge >= 0.3 is 0 Å². The number of amides is 1. The van der Waals surface area contributed by atoms with Crippen molar-refractivity contribution in [3.63, 3.8) is 0 Å². The van der Waals surface area contributed by atoms with Crippen molar-refractivity contribution in [3.05, 3.63) is 48.0 Å². The first-order chi connectivity index (χ1) is 13.2. The van der Waals surface area contributed by atoms with Gasteiger partial charge in [-0.25, -0.2) is 0 Å². The molecule has 2 aromatic carbocycles. The smallest absolute Gasteiger partial charge is 0.239 e. The standard InChI is InChI=1S/C23H33N3O/c1-2-14-25-16-17-26(23(27)22(25)9-5-6-13-24)15-12-19-10-11-20-7-3-4-8-21(20)18-19/h3-4,7-8,10-11,18,22H,2,5-6,9,12-17,24H2,1H3/t22-/m0/s1. The molecule has 1 heterocycles. The maximum atomic E-state index is 13.1. The van der Waals surface area contributed by atoms with E-state index in [1.165, 1.54) is 16.3 Å². The second kappa shape index (κ2) is 9.86. The van der Waals surface area contributed by atoms with Crippen LogP contribution in [-0.4, -0.2) is 54.5 Å². The summed E-state index contributed by atoms with van der Waals surface area (Å²) in [4.78, 5) is 17.5. The molecular weight excluding hydrogens is 334 g/mol. The van der Waals surface area contributed by atoms with Crippen molar-refractivity contribution in [2.75, 3.05) is 32.7 Å². The second-order valence-electron chi connectivity index (χ2n) is 7.59. The van der Waals surface area contributed by atoms with Crippen molar-refractivity contribution in [3.8, 4) is 0 Å². The van der Waals surface area contributed by atoms with Crippen LogP contribution in [0.3, 0.4) is 0 Å². The molecule has 0 aromatic heterocycles. The van der Waals surface area contributed by atoms with Crippen molar-refractivity contribution < 1.29 is 4.79 Å². The summed E-state index contributed by atoms with van der Waals surface area (Å²) < 4.78 is 0. The Morgan fingerprint density at radius 2 is 1.85 bits per heavy atom. The van der Waals surface area contributed by atoms with E-state index < -0.39 is 0 Å². The van der Waals surface area contributed by atoms with Crippen LogP contribution in [0.15, 0.2) is 42.5 Å². The summed E-state index contributed by atoms with van der Waals surface area (Å²) in [5, 5.41) is 2.54. The molecule has 3 rings (SSSR count). The van der Waals surface area contributed by atoms with Crippen LogP contribution in [-0.2, 0) is 11.2 Å². The normalized spacial score (nSPS) is 18.4. The molecule has 4 heteroatoms. The monoisotopic (exact) mass is 367 g/mol. The van der Waals surface area contributed by atoms with Gasteiger partial charge in [0.15, 0.2) is 0 Å². The maximum absolute atomic E-state index is 13.1. The fourth-order valence-electron chi connectivity index (χ4n) is 4.11. The average Bonchev–Trinajstić information content (AvgIpc) is 2.69. The van der Waals surface area contributed by atoms with Gasteiger partial charge in [-0.15, -0.1) is 0 Å². The molecule has 1 fully saturated rings. The number of hydrogen-bond acceptors (Lipinski definition) is 3. The molecule has 1 atom stereocenters. The minimum absolute atomic E-state index is 0.0434. The number of fused-ring (bicyclic) bond motifs is 1. The summed E-state index contributed by atoms with van der Waals surface area (Å²) >= 11 is 0. The van der Waals surface area contributed by atoms with Crippen LogP contribution in [0, 0.1) is 0 Å². The van der Waals surface area contributed by atoms with Crippen molar-refractivity contribution in [1.82, 2.24) is 9.80 Å². The van der Waals surface area contributed by atoms with E-state index in [2.05, 4.69) is 59.2 Å². The fourth-order valence-corrected chi connectivity index (χ4v) is 4.11. The average molecular weight is 368 g/mol. The third-order valence-electron chi connectivity index (χ3n) is 5.62. The minimum Gasteiger partial charge on any atom is -0.340 e. The Labute approximate surface area is 163 Å². The third kappa shape index (κ3) is 5.08. The number of carbonyl (C=O) groups is 1. The highest BCUT2D eigenvalue weighted by Gasteiger charge is 2.33. The predicted octanol–water partition coefficient (Wildman–Crippen LogP) is 3.43. The molecule has 4 nitrogen and oxygen atoms in total. The molecule has 2 N–H and O–H groups in total. The van der Waals surface area contributed by atoms with Crippen molar-refractivity contribution >= 4 is 16.7 Å². The Morgan fingerprint density at radius 1 is 1.04 bits per heavy atom. The van der Waals surface area contributed by atoms with Crippen LogP contribution < -0.4 is 5.73 Å². The Balaban J connectivity index is 1.62. The summed E-state index contributed by atoms with van der Waals surface area (Å²) in [6, 6.07) is 15.1. The lowest BCUT2D eigenvalue weighted by molar-refractivity contribution is -0.142. The lowest BCUT2D eigenvalue weighted by atomic mass is 10.0. The molecule has 0 bridgehead atoms. The summed E-state index contributed by atoms with van der Waals surface area (Å²) in [7, 11) is 0. The molecule has 0 unspecified atom stereocenters. The molecular formula is C23H33N3O. The van der Waals surface area contributed by atoms with Crippen LogP contribution in [0.25, 0.3) is 10.8 Å². The van der Waals surface area contributed by atoms with Gasteiger partial charge in [0.25, 0.3) is 0 Å². The summed E-state index contributed by atoms with van der Waals surface area (Å²) in [6.45, 7) is 6.56. The summed E-state index contributed by atoms with van der Waals surface area (Å²) in [5.74, 6) is 0.313. The largest absolute Gasteiger partial charge is 0.340 e. The number of rotatable bonds is 9. The Bertz CT molecular complexity index is 745. The first-order valence-corrected chi connectivity index (χ1v) is 10.4. The van der Waals surface area contributed by atoms with Gasteiger partial charge in [0.1, 0.15) is 0 Å². The zero-order valence-corrected chi connectivity index (χ0v) is 16.6. The highest BCUT2D eigenvalue weighted by molar-refractivity contribution is 5.83. The highest BCUT2D eigenvalue weighted by Crippen LogP contribution is 2.19. The van der Waals surface area contributed by atoms with E-state index in [1.807, 2.05) is 0 Å². The predicted molar refractivity (Wildman–Crippen MR) is 113 cm³/mol. The molecule has 0 radical (unpaired) electrons. The molecule has 0 saturated carbocycles. The Morgan fingerprint density at radius 3 is 2.63 bits per heavy atom. The number of nitrogens with zero attached hydrogens (tertiary/aromatic N) is 2. The van der Waals surface area contributed by atoms with Gasteiger partial charge < -0.3 is 10.6 Å². The van der Waals surface area contributed by atoms with Gasteiger partial charge in [0.2, 0.25) is 5.91 Å². The zero-order chi connectivity index (χ0) is 19.1. The van der Waals surface area contributed by atoms with Gasteiger partial charge in [-0.2, -0.15) is 0 Å². The Kier molecular flexibility index (Phi) is 7.25. The highest BCUT2D eigenvalue weighted by atomic mass is 16.2.